The van der Waals surface area contributed by atoms with E-state index in [4.69, 9.17) is 21.1 Å². The number of carbonyl (C=O) groups is 2. The van der Waals surface area contributed by atoms with Crippen LogP contribution in [0.3, 0.4) is 0 Å². The van der Waals surface area contributed by atoms with Crippen molar-refractivity contribution in [1.29, 1.82) is 0 Å². The van der Waals surface area contributed by atoms with Crippen molar-refractivity contribution >= 4 is 40.8 Å². The lowest BCUT2D eigenvalue weighted by Crippen LogP contribution is -2.08. The van der Waals surface area contributed by atoms with E-state index in [0.29, 0.717) is 27.8 Å². The van der Waals surface area contributed by atoms with Crippen LogP contribution < -0.4 is 4.74 Å². The first-order valence-corrected chi connectivity index (χ1v) is 10.0. The number of halogens is 1. The van der Waals surface area contributed by atoms with Gasteiger partial charge in [-0.2, -0.15) is 0 Å². The van der Waals surface area contributed by atoms with Crippen molar-refractivity contribution in [1.82, 2.24) is 9.38 Å². The van der Waals surface area contributed by atoms with Gasteiger partial charge in [0.2, 0.25) is 0 Å². The van der Waals surface area contributed by atoms with Gasteiger partial charge in [-0.15, -0.1) is 11.8 Å². The molecule has 0 N–H and O–H groups in total. The molecule has 2 aromatic heterocycles. The van der Waals surface area contributed by atoms with Gasteiger partial charge < -0.3 is 13.9 Å². The Bertz CT molecular complexity index is 1020. The summed E-state index contributed by atoms with van der Waals surface area (Å²) in [6, 6.07) is 8.84. The van der Waals surface area contributed by atoms with Crippen molar-refractivity contribution in [3.05, 3.63) is 64.6 Å². The molecule has 2 heterocycles. The van der Waals surface area contributed by atoms with Crippen molar-refractivity contribution < 1.29 is 19.1 Å². The lowest BCUT2D eigenvalue weighted by Gasteiger charge is -2.09. The maximum Gasteiger partial charge on any atom is 0.316 e. The van der Waals surface area contributed by atoms with Crippen LogP contribution in [0.4, 0.5) is 0 Å². The van der Waals surface area contributed by atoms with Crippen LogP contribution in [-0.4, -0.2) is 34.0 Å². The number of esters is 1. The fourth-order valence-electron chi connectivity index (χ4n) is 2.64. The summed E-state index contributed by atoms with van der Waals surface area (Å²) in [5.41, 5.74) is 2.87. The Balaban J connectivity index is 1.51. The fourth-order valence-corrected chi connectivity index (χ4v) is 3.60. The third-order valence-electron chi connectivity index (χ3n) is 4.01. The molecule has 0 saturated carbocycles. The molecule has 146 valence electrons. The number of methoxy groups -OCH3 is 1. The molecular weight excluding hydrogens is 400 g/mol. The van der Waals surface area contributed by atoms with Crippen LogP contribution in [0.1, 0.15) is 28.5 Å². The highest BCUT2D eigenvalue weighted by molar-refractivity contribution is 7.99. The number of ketones is 1. The number of aromatic nitrogens is 2. The summed E-state index contributed by atoms with van der Waals surface area (Å²) < 4.78 is 12.4. The number of Topliss-reactive ketones (excluding diaryl/α,β-unsaturated/α-hetero) is 1. The van der Waals surface area contributed by atoms with Gasteiger partial charge in [0.05, 0.1) is 23.6 Å². The minimum atomic E-state index is -0.332. The van der Waals surface area contributed by atoms with Crippen molar-refractivity contribution in [3.63, 3.8) is 0 Å². The summed E-state index contributed by atoms with van der Waals surface area (Å²) in [7, 11) is 1.58. The first-order chi connectivity index (χ1) is 13.5. The molecule has 1 aromatic carbocycles. The van der Waals surface area contributed by atoms with Gasteiger partial charge in [-0.25, -0.2) is 4.98 Å². The number of thioether (sulfide) groups is 1. The van der Waals surface area contributed by atoms with Crippen LogP contribution in [-0.2, 0) is 21.9 Å². The quantitative estimate of drug-likeness (QED) is 0.404. The van der Waals surface area contributed by atoms with E-state index in [1.807, 2.05) is 0 Å². The van der Waals surface area contributed by atoms with E-state index >= 15 is 0 Å². The maximum atomic E-state index is 12.0. The van der Waals surface area contributed by atoms with Crippen LogP contribution in [0.5, 0.6) is 5.75 Å². The Kier molecular flexibility index (Phi) is 6.59. The Morgan fingerprint density at radius 2 is 2.04 bits per heavy atom. The number of pyridine rings is 1. The van der Waals surface area contributed by atoms with Gasteiger partial charge in [-0.3, -0.25) is 9.59 Å². The summed E-state index contributed by atoms with van der Waals surface area (Å²) in [5.74, 6) is 1.07. The van der Waals surface area contributed by atoms with Crippen LogP contribution >= 0.6 is 23.4 Å². The second kappa shape index (κ2) is 9.12. The largest absolute Gasteiger partial charge is 0.496 e. The monoisotopic (exact) mass is 418 g/mol. The predicted molar refractivity (Wildman–Crippen MR) is 109 cm³/mol. The van der Waals surface area contributed by atoms with E-state index < -0.39 is 0 Å². The molecule has 0 bridgehead atoms. The highest BCUT2D eigenvalue weighted by atomic mass is 35.5. The van der Waals surface area contributed by atoms with Crippen molar-refractivity contribution in [2.24, 2.45) is 0 Å². The molecule has 8 heteroatoms. The van der Waals surface area contributed by atoms with Crippen LogP contribution in [0.2, 0.25) is 5.02 Å². The van der Waals surface area contributed by atoms with Gasteiger partial charge in [0, 0.05) is 29.3 Å². The van der Waals surface area contributed by atoms with E-state index in [9.17, 15) is 9.59 Å². The lowest BCUT2D eigenvalue weighted by molar-refractivity contribution is -0.141. The number of imidazole rings is 1. The zero-order chi connectivity index (χ0) is 20.1. The Morgan fingerprint density at radius 3 is 2.79 bits per heavy atom. The van der Waals surface area contributed by atoms with Crippen LogP contribution in [0.15, 0.2) is 42.7 Å². The molecule has 0 aliphatic rings. The smallest absolute Gasteiger partial charge is 0.316 e. The van der Waals surface area contributed by atoms with Gasteiger partial charge in [0.25, 0.3) is 0 Å². The average molecular weight is 419 g/mol. The van der Waals surface area contributed by atoms with Crippen molar-refractivity contribution in [2.45, 2.75) is 19.3 Å². The van der Waals surface area contributed by atoms with Crippen LogP contribution in [0.25, 0.3) is 5.65 Å². The Hall–Kier alpha value is -2.51. The molecule has 0 fully saturated rings. The predicted octanol–water partition coefficient (Wildman–Crippen LogP) is 4.18. The van der Waals surface area contributed by atoms with Crippen molar-refractivity contribution in [3.8, 4) is 5.75 Å². The summed E-state index contributed by atoms with van der Waals surface area (Å²) in [4.78, 5) is 27.9. The molecule has 6 nitrogen and oxygen atoms in total. The van der Waals surface area contributed by atoms with E-state index in [1.54, 1.807) is 54.2 Å². The number of hydrogen-bond donors (Lipinski definition) is 0. The number of carbonyl (C=O) groups excluding carboxylic acids is 2. The van der Waals surface area contributed by atoms with E-state index in [2.05, 4.69) is 4.98 Å². The topological polar surface area (TPSA) is 69.9 Å². The van der Waals surface area contributed by atoms with Gasteiger partial charge in [0.1, 0.15) is 18.0 Å². The van der Waals surface area contributed by atoms with E-state index in [1.165, 1.54) is 18.7 Å². The van der Waals surface area contributed by atoms with E-state index in [-0.39, 0.29) is 24.1 Å². The van der Waals surface area contributed by atoms with Gasteiger partial charge in [-0.05, 0) is 37.3 Å². The van der Waals surface area contributed by atoms with Gasteiger partial charge in [0.15, 0.2) is 5.78 Å². The van der Waals surface area contributed by atoms with Crippen molar-refractivity contribution in [2.75, 3.05) is 12.9 Å². The highest BCUT2D eigenvalue weighted by Crippen LogP contribution is 2.25. The molecule has 0 amide bonds. The maximum absolute atomic E-state index is 12.0. The molecule has 0 atom stereocenters. The van der Waals surface area contributed by atoms with E-state index in [0.717, 1.165) is 11.2 Å². The first kappa shape index (κ1) is 20.2. The molecule has 0 unspecified atom stereocenters. The standard InChI is InChI=1S/C20H19ClN2O4S/c1-13(24)14-3-5-18(26-2)15(7-14)11-28-12-20(25)27-10-17-9-23-8-16(21)4-6-19(23)22-17/h3-9H,10-12H2,1-2H3. The zero-order valence-corrected chi connectivity index (χ0v) is 17.0. The summed E-state index contributed by atoms with van der Waals surface area (Å²) >= 11 is 7.35. The summed E-state index contributed by atoms with van der Waals surface area (Å²) in [6.07, 6.45) is 3.52. The third-order valence-corrected chi connectivity index (χ3v) is 5.19. The second-order valence-electron chi connectivity index (χ2n) is 6.08. The molecule has 0 aliphatic carbocycles. The van der Waals surface area contributed by atoms with Crippen LogP contribution in [0, 0.1) is 0 Å². The average Bonchev–Trinajstić information content (AvgIpc) is 3.08. The van der Waals surface area contributed by atoms with Gasteiger partial charge in [-0.1, -0.05) is 11.6 Å². The Labute approximate surface area is 171 Å². The minimum absolute atomic E-state index is 0.0120. The minimum Gasteiger partial charge on any atom is -0.496 e. The zero-order valence-electron chi connectivity index (χ0n) is 15.5. The molecule has 3 aromatic rings. The molecular formula is C20H19ClN2O4S. The normalized spacial score (nSPS) is 10.8. The number of fused-ring (bicyclic) bond motifs is 1. The molecule has 3 rings (SSSR count). The number of benzene rings is 1. The highest BCUT2D eigenvalue weighted by Gasteiger charge is 2.10. The molecule has 28 heavy (non-hydrogen) atoms. The SMILES string of the molecule is COc1ccc(C(C)=O)cc1CSCC(=O)OCc1cn2cc(Cl)ccc2n1. The summed E-state index contributed by atoms with van der Waals surface area (Å²) in [5, 5.41) is 0.606. The summed E-state index contributed by atoms with van der Waals surface area (Å²) in [6.45, 7) is 1.62. The first-order valence-electron chi connectivity index (χ1n) is 8.50. The number of hydrogen-bond acceptors (Lipinski definition) is 6. The molecule has 0 saturated heterocycles. The molecule has 0 spiro atoms. The van der Waals surface area contributed by atoms with Gasteiger partial charge >= 0.3 is 5.97 Å². The molecule has 0 aliphatic heterocycles. The number of nitrogens with zero attached hydrogens (tertiary/aromatic N) is 2. The molecule has 0 radical (unpaired) electrons. The third kappa shape index (κ3) is 5.05. The second-order valence-corrected chi connectivity index (χ2v) is 7.50. The Morgan fingerprint density at radius 1 is 1.21 bits per heavy atom. The fraction of sp³-hybridized carbons (Fsp3) is 0.250. The number of rotatable bonds is 8. The number of ether oxygens (including phenoxy) is 2. The lowest BCUT2D eigenvalue weighted by atomic mass is 10.1.